The van der Waals surface area contributed by atoms with Crippen LogP contribution in [0.1, 0.15) is 50.6 Å². The molecule has 1 saturated carbocycles. The summed E-state index contributed by atoms with van der Waals surface area (Å²) in [5, 5.41) is 4.82. The van der Waals surface area contributed by atoms with Crippen molar-refractivity contribution >= 4 is 21.6 Å². The van der Waals surface area contributed by atoms with Crippen LogP contribution in [0.3, 0.4) is 0 Å². The standard InChI is InChI=1S/C23H31N3O3S/c1-18(19-9-5-3-6-10-19)24-17-23(27)25-20-13-15-22(16-14-20)30(28,29)26(2)21-11-7-4-8-12-21/h3,5-6,9-10,13-16,18,21,24H,4,7-8,11-12,17H2,1-2H3,(H,25,27)/p+1/t18-/m1/s1. The van der Waals surface area contributed by atoms with Gasteiger partial charge in [-0.1, -0.05) is 49.6 Å². The predicted molar refractivity (Wildman–Crippen MR) is 119 cm³/mol. The van der Waals surface area contributed by atoms with Gasteiger partial charge in [-0.15, -0.1) is 0 Å². The van der Waals surface area contributed by atoms with Crippen LogP contribution in [0.15, 0.2) is 59.5 Å². The summed E-state index contributed by atoms with van der Waals surface area (Å²) >= 11 is 0. The molecule has 1 aliphatic carbocycles. The SMILES string of the molecule is C[C@@H]([NH2+]CC(=O)Nc1ccc(S(=O)(=O)N(C)C2CCCCC2)cc1)c1ccccc1. The second-order valence-corrected chi connectivity index (χ2v) is 10.0. The summed E-state index contributed by atoms with van der Waals surface area (Å²) in [6.07, 6.45) is 5.18. The average Bonchev–Trinajstić information content (AvgIpc) is 2.78. The minimum atomic E-state index is -3.52. The molecule has 3 N–H and O–H groups in total. The van der Waals surface area contributed by atoms with E-state index in [0.29, 0.717) is 12.2 Å². The second kappa shape index (κ2) is 10.2. The van der Waals surface area contributed by atoms with Gasteiger partial charge in [0.2, 0.25) is 10.0 Å². The molecule has 1 atom stereocenters. The lowest BCUT2D eigenvalue weighted by Gasteiger charge is -2.30. The zero-order valence-electron chi connectivity index (χ0n) is 17.8. The average molecular weight is 431 g/mol. The molecule has 1 aliphatic rings. The van der Waals surface area contributed by atoms with Crippen molar-refractivity contribution in [3.63, 3.8) is 0 Å². The van der Waals surface area contributed by atoms with Crippen molar-refractivity contribution in [2.45, 2.75) is 56.0 Å². The summed E-state index contributed by atoms with van der Waals surface area (Å²) in [6, 6.07) is 16.7. The van der Waals surface area contributed by atoms with Crippen LogP contribution in [0.4, 0.5) is 5.69 Å². The minimum absolute atomic E-state index is 0.0743. The molecule has 0 aliphatic heterocycles. The minimum Gasteiger partial charge on any atom is -0.333 e. The number of quaternary nitrogens is 1. The van der Waals surface area contributed by atoms with E-state index in [-0.39, 0.29) is 22.9 Å². The van der Waals surface area contributed by atoms with Crippen molar-refractivity contribution in [2.24, 2.45) is 0 Å². The predicted octanol–water partition coefficient (Wildman–Crippen LogP) is 2.90. The third-order valence-corrected chi connectivity index (χ3v) is 7.81. The molecule has 0 heterocycles. The van der Waals surface area contributed by atoms with Crippen molar-refractivity contribution in [1.29, 1.82) is 0 Å². The van der Waals surface area contributed by atoms with Crippen LogP contribution in [0.2, 0.25) is 0 Å². The fourth-order valence-electron chi connectivity index (χ4n) is 3.91. The molecule has 30 heavy (non-hydrogen) atoms. The number of hydrogen-bond donors (Lipinski definition) is 2. The molecular weight excluding hydrogens is 398 g/mol. The number of hydrogen-bond acceptors (Lipinski definition) is 3. The number of nitrogens with two attached hydrogens (primary N) is 1. The van der Waals surface area contributed by atoms with Gasteiger partial charge >= 0.3 is 0 Å². The number of rotatable bonds is 8. The second-order valence-electron chi connectivity index (χ2n) is 8.02. The molecule has 2 aromatic rings. The largest absolute Gasteiger partial charge is 0.333 e. The van der Waals surface area contributed by atoms with Gasteiger partial charge in [-0.2, -0.15) is 4.31 Å². The maximum absolute atomic E-state index is 12.9. The normalized spacial score (nSPS) is 16.4. The molecule has 0 unspecified atom stereocenters. The molecule has 2 aromatic carbocycles. The summed E-state index contributed by atoms with van der Waals surface area (Å²) in [4.78, 5) is 12.5. The van der Waals surface area contributed by atoms with Crippen LogP contribution in [0.5, 0.6) is 0 Å². The summed E-state index contributed by atoms with van der Waals surface area (Å²) < 4.78 is 27.3. The Balaban J connectivity index is 1.55. The molecule has 162 valence electrons. The van der Waals surface area contributed by atoms with Crippen molar-refractivity contribution in [1.82, 2.24) is 4.31 Å². The lowest BCUT2D eigenvalue weighted by Crippen LogP contribution is -2.86. The molecule has 0 bridgehead atoms. The highest BCUT2D eigenvalue weighted by Crippen LogP contribution is 2.26. The maximum atomic E-state index is 12.9. The third-order valence-electron chi connectivity index (χ3n) is 5.89. The van der Waals surface area contributed by atoms with Gasteiger partial charge in [0.15, 0.2) is 6.54 Å². The molecule has 1 amide bonds. The third kappa shape index (κ3) is 5.68. The topological polar surface area (TPSA) is 83.1 Å². The van der Waals surface area contributed by atoms with Crippen LogP contribution >= 0.6 is 0 Å². The molecule has 0 saturated heterocycles. The monoisotopic (exact) mass is 430 g/mol. The Hall–Kier alpha value is -2.22. The number of carbonyl (C=O) groups excluding carboxylic acids is 1. The summed E-state index contributed by atoms with van der Waals surface area (Å²) in [5.74, 6) is -0.118. The molecule has 6 nitrogen and oxygen atoms in total. The van der Waals surface area contributed by atoms with Gasteiger partial charge in [0.05, 0.1) is 4.90 Å². The highest BCUT2D eigenvalue weighted by atomic mass is 32.2. The summed E-state index contributed by atoms with van der Waals surface area (Å²) in [7, 11) is -1.85. The van der Waals surface area contributed by atoms with Gasteiger partial charge in [-0.05, 0) is 44.0 Å². The smallest absolute Gasteiger partial charge is 0.279 e. The van der Waals surface area contributed by atoms with Crippen molar-refractivity contribution in [2.75, 3.05) is 18.9 Å². The van der Waals surface area contributed by atoms with Gasteiger partial charge in [0.1, 0.15) is 6.04 Å². The quantitative estimate of drug-likeness (QED) is 0.675. The molecule has 3 rings (SSSR count). The van der Waals surface area contributed by atoms with E-state index < -0.39 is 10.0 Å². The maximum Gasteiger partial charge on any atom is 0.279 e. The lowest BCUT2D eigenvalue weighted by molar-refractivity contribution is -0.682. The van der Waals surface area contributed by atoms with Gasteiger partial charge in [0.25, 0.3) is 5.91 Å². The van der Waals surface area contributed by atoms with E-state index in [1.54, 1.807) is 31.3 Å². The van der Waals surface area contributed by atoms with Crippen LogP contribution in [-0.4, -0.2) is 38.3 Å². The fourth-order valence-corrected chi connectivity index (χ4v) is 5.32. The highest BCUT2D eigenvalue weighted by molar-refractivity contribution is 7.89. The van der Waals surface area contributed by atoms with E-state index >= 15 is 0 Å². The molecular formula is C23H32N3O3S+. The zero-order valence-corrected chi connectivity index (χ0v) is 18.6. The van der Waals surface area contributed by atoms with E-state index in [9.17, 15) is 13.2 Å². The molecule has 7 heteroatoms. The van der Waals surface area contributed by atoms with Gasteiger partial charge in [-0.25, -0.2) is 8.42 Å². The molecule has 0 radical (unpaired) electrons. The number of benzene rings is 2. The highest BCUT2D eigenvalue weighted by Gasteiger charge is 2.28. The van der Waals surface area contributed by atoms with E-state index in [0.717, 1.165) is 25.7 Å². The number of anilines is 1. The Bertz CT molecular complexity index is 924. The number of amides is 1. The van der Waals surface area contributed by atoms with Gasteiger partial charge in [-0.3, -0.25) is 4.79 Å². The Morgan fingerprint density at radius 2 is 1.70 bits per heavy atom. The zero-order chi connectivity index (χ0) is 21.6. The van der Waals surface area contributed by atoms with Crippen LogP contribution in [0, 0.1) is 0 Å². The first kappa shape index (κ1) is 22.5. The summed E-state index contributed by atoms with van der Waals surface area (Å²) in [5.41, 5.74) is 1.77. The number of nitrogens with one attached hydrogen (secondary N) is 1. The van der Waals surface area contributed by atoms with Crippen LogP contribution < -0.4 is 10.6 Å². The van der Waals surface area contributed by atoms with E-state index in [1.165, 1.54) is 16.3 Å². The molecule has 1 fully saturated rings. The first-order chi connectivity index (χ1) is 14.4. The van der Waals surface area contributed by atoms with E-state index in [1.807, 2.05) is 35.6 Å². The first-order valence-electron chi connectivity index (χ1n) is 10.6. The Labute approximate surface area is 179 Å². The van der Waals surface area contributed by atoms with Crippen LogP contribution in [-0.2, 0) is 14.8 Å². The van der Waals surface area contributed by atoms with Crippen molar-refractivity contribution < 1.29 is 18.5 Å². The number of carbonyl (C=O) groups is 1. The van der Waals surface area contributed by atoms with Crippen molar-refractivity contribution in [3.05, 3.63) is 60.2 Å². The lowest BCUT2D eigenvalue weighted by atomic mass is 9.96. The fraction of sp³-hybridized carbons (Fsp3) is 0.435. The Kier molecular flexibility index (Phi) is 7.64. The Morgan fingerprint density at radius 1 is 1.07 bits per heavy atom. The van der Waals surface area contributed by atoms with E-state index in [4.69, 9.17) is 0 Å². The summed E-state index contributed by atoms with van der Waals surface area (Å²) in [6.45, 7) is 2.35. The molecule has 0 aromatic heterocycles. The first-order valence-corrected chi connectivity index (χ1v) is 12.1. The van der Waals surface area contributed by atoms with Gasteiger partial charge in [0, 0.05) is 24.3 Å². The van der Waals surface area contributed by atoms with Gasteiger partial charge < -0.3 is 10.6 Å². The number of sulfonamides is 1. The van der Waals surface area contributed by atoms with Crippen molar-refractivity contribution in [3.8, 4) is 0 Å². The molecule has 0 spiro atoms. The van der Waals surface area contributed by atoms with E-state index in [2.05, 4.69) is 12.2 Å². The Morgan fingerprint density at radius 3 is 2.33 bits per heavy atom. The number of nitrogens with zero attached hydrogens (tertiary/aromatic N) is 1. The van der Waals surface area contributed by atoms with Crippen LogP contribution in [0.25, 0.3) is 0 Å².